The van der Waals surface area contributed by atoms with Gasteiger partial charge in [-0.2, -0.15) is 0 Å². The number of nitro benzene ring substituents is 1. The van der Waals surface area contributed by atoms with Crippen molar-refractivity contribution in [3.05, 3.63) is 27.8 Å². The van der Waals surface area contributed by atoms with Crippen molar-refractivity contribution < 1.29 is 19.2 Å². The molecule has 7 heteroatoms. The maximum atomic E-state index is 11.0. The lowest BCUT2D eigenvalue weighted by molar-refractivity contribution is -0.386. The molecule has 0 saturated heterocycles. The standard InChI is InChI=1S/C13H18N2O5/c1-14(2)5-4-6-20-13-11(15(17)18)7-10(9-16)8-12(13)19-3/h7-9H,4-6H2,1-3H3. The molecule has 0 bridgehead atoms. The quantitative estimate of drug-likeness (QED) is 0.313. The summed E-state index contributed by atoms with van der Waals surface area (Å²) in [5.74, 6) is 0.244. The Morgan fingerprint density at radius 1 is 1.40 bits per heavy atom. The van der Waals surface area contributed by atoms with Crippen LogP contribution in [0, 0.1) is 10.1 Å². The maximum absolute atomic E-state index is 11.0. The summed E-state index contributed by atoms with van der Waals surface area (Å²) in [6.45, 7) is 1.14. The van der Waals surface area contributed by atoms with E-state index in [1.165, 1.54) is 19.2 Å². The van der Waals surface area contributed by atoms with Crippen molar-refractivity contribution in [2.24, 2.45) is 0 Å². The van der Waals surface area contributed by atoms with Crippen molar-refractivity contribution in [1.29, 1.82) is 0 Å². The van der Waals surface area contributed by atoms with E-state index in [0.29, 0.717) is 12.9 Å². The third kappa shape index (κ3) is 4.20. The highest BCUT2D eigenvalue weighted by Gasteiger charge is 2.22. The van der Waals surface area contributed by atoms with Crippen LogP contribution in [0.25, 0.3) is 0 Å². The number of nitro groups is 1. The van der Waals surface area contributed by atoms with E-state index >= 15 is 0 Å². The van der Waals surface area contributed by atoms with E-state index in [2.05, 4.69) is 0 Å². The van der Waals surface area contributed by atoms with Crippen LogP contribution in [0.5, 0.6) is 11.5 Å². The van der Waals surface area contributed by atoms with E-state index < -0.39 is 4.92 Å². The predicted molar refractivity (Wildman–Crippen MR) is 73.7 cm³/mol. The first-order chi connectivity index (χ1) is 9.49. The van der Waals surface area contributed by atoms with Crippen LogP contribution in [-0.2, 0) is 0 Å². The van der Waals surface area contributed by atoms with Crippen LogP contribution in [-0.4, -0.2) is 50.5 Å². The van der Waals surface area contributed by atoms with E-state index in [1.54, 1.807) is 0 Å². The molecule has 20 heavy (non-hydrogen) atoms. The number of carbonyl (C=O) groups is 1. The molecule has 0 saturated carbocycles. The number of rotatable bonds is 8. The SMILES string of the molecule is COc1cc(C=O)cc([N+](=O)[O-])c1OCCCN(C)C. The summed E-state index contributed by atoms with van der Waals surface area (Å²) >= 11 is 0. The van der Waals surface area contributed by atoms with Gasteiger partial charge >= 0.3 is 5.69 Å². The maximum Gasteiger partial charge on any atom is 0.315 e. The number of hydrogen-bond donors (Lipinski definition) is 0. The lowest BCUT2D eigenvalue weighted by atomic mass is 10.2. The minimum atomic E-state index is -0.587. The van der Waals surface area contributed by atoms with Crippen molar-refractivity contribution in [3.8, 4) is 11.5 Å². The summed E-state index contributed by atoms with van der Waals surface area (Å²) in [6.07, 6.45) is 1.26. The average molecular weight is 282 g/mol. The number of hydrogen-bond acceptors (Lipinski definition) is 6. The van der Waals surface area contributed by atoms with Gasteiger partial charge in [0.2, 0.25) is 5.75 Å². The number of nitrogens with zero attached hydrogens (tertiary/aromatic N) is 2. The van der Waals surface area contributed by atoms with Crippen molar-refractivity contribution in [2.45, 2.75) is 6.42 Å². The monoisotopic (exact) mass is 282 g/mol. The second-order valence-electron chi connectivity index (χ2n) is 4.45. The van der Waals surface area contributed by atoms with Crippen LogP contribution < -0.4 is 9.47 Å². The molecule has 1 rings (SSSR count). The molecular formula is C13H18N2O5. The highest BCUT2D eigenvalue weighted by molar-refractivity contribution is 5.79. The molecule has 0 amide bonds. The first-order valence-corrected chi connectivity index (χ1v) is 6.08. The van der Waals surface area contributed by atoms with E-state index in [0.717, 1.165) is 13.0 Å². The largest absolute Gasteiger partial charge is 0.493 e. The number of methoxy groups -OCH3 is 1. The Labute approximate surface area is 117 Å². The molecular weight excluding hydrogens is 264 g/mol. The summed E-state index contributed by atoms with van der Waals surface area (Å²) in [7, 11) is 5.24. The fourth-order valence-electron chi connectivity index (χ4n) is 1.66. The predicted octanol–water partition coefficient (Wildman–Crippen LogP) is 1.75. The molecule has 0 radical (unpaired) electrons. The molecule has 0 aliphatic rings. The Morgan fingerprint density at radius 2 is 2.10 bits per heavy atom. The van der Waals surface area contributed by atoms with Crippen LogP contribution in [0.2, 0.25) is 0 Å². The second-order valence-corrected chi connectivity index (χ2v) is 4.45. The van der Waals surface area contributed by atoms with Crippen molar-refractivity contribution in [1.82, 2.24) is 4.90 Å². The molecule has 0 N–H and O–H groups in total. The van der Waals surface area contributed by atoms with E-state index in [4.69, 9.17) is 9.47 Å². The minimum Gasteiger partial charge on any atom is -0.493 e. The van der Waals surface area contributed by atoms with Gasteiger partial charge in [-0.15, -0.1) is 0 Å². The van der Waals surface area contributed by atoms with E-state index in [-0.39, 0.29) is 22.7 Å². The Hall–Kier alpha value is -2.15. The Balaban J connectivity index is 2.96. The zero-order valence-electron chi connectivity index (χ0n) is 11.8. The zero-order chi connectivity index (χ0) is 15.1. The molecule has 1 aromatic carbocycles. The molecule has 1 aromatic rings. The molecule has 7 nitrogen and oxygen atoms in total. The van der Waals surface area contributed by atoms with Gasteiger partial charge < -0.3 is 14.4 Å². The highest BCUT2D eigenvalue weighted by Crippen LogP contribution is 2.38. The number of aldehydes is 1. The number of benzene rings is 1. The fourth-order valence-corrected chi connectivity index (χ4v) is 1.66. The van der Waals surface area contributed by atoms with Gasteiger partial charge in [0.1, 0.15) is 6.29 Å². The summed E-state index contributed by atoms with van der Waals surface area (Å²) < 4.78 is 10.5. The minimum absolute atomic E-state index is 0.0573. The third-order valence-corrected chi connectivity index (χ3v) is 2.61. The molecule has 0 aliphatic heterocycles. The van der Waals surface area contributed by atoms with Gasteiger partial charge in [-0.3, -0.25) is 14.9 Å². The third-order valence-electron chi connectivity index (χ3n) is 2.61. The van der Waals surface area contributed by atoms with Crippen molar-refractivity contribution in [2.75, 3.05) is 34.4 Å². The van der Waals surface area contributed by atoms with Gasteiger partial charge in [0.25, 0.3) is 0 Å². The number of carbonyl (C=O) groups excluding carboxylic acids is 1. The van der Waals surface area contributed by atoms with Gasteiger partial charge in [-0.05, 0) is 26.6 Å². The molecule has 110 valence electrons. The first kappa shape index (κ1) is 15.9. The molecule has 0 aliphatic carbocycles. The Morgan fingerprint density at radius 3 is 2.60 bits per heavy atom. The van der Waals surface area contributed by atoms with Gasteiger partial charge in [0.15, 0.2) is 5.75 Å². The van der Waals surface area contributed by atoms with Crippen LogP contribution in [0.1, 0.15) is 16.8 Å². The topological polar surface area (TPSA) is 81.9 Å². The molecule has 0 aromatic heterocycles. The zero-order valence-corrected chi connectivity index (χ0v) is 11.8. The Kier molecular flexibility index (Phi) is 5.92. The first-order valence-electron chi connectivity index (χ1n) is 6.08. The molecule has 0 atom stereocenters. The van der Waals surface area contributed by atoms with Crippen molar-refractivity contribution >= 4 is 12.0 Å². The Bertz CT molecular complexity index is 488. The van der Waals surface area contributed by atoms with Gasteiger partial charge in [0, 0.05) is 18.2 Å². The molecule has 0 heterocycles. The van der Waals surface area contributed by atoms with E-state index in [9.17, 15) is 14.9 Å². The summed E-state index contributed by atoms with van der Waals surface area (Å²) in [6, 6.07) is 2.60. The van der Waals surface area contributed by atoms with Crippen LogP contribution >= 0.6 is 0 Å². The lowest BCUT2D eigenvalue weighted by Gasteiger charge is -2.13. The lowest BCUT2D eigenvalue weighted by Crippen LogP contribution is -2.16. The fraction of sp³-hybridized carbons (Fsp3) is 0.462. The highest BCUT2D eigenvalue weighted by atomic mass is 16.6. The summed E-state index contributed by atoms with van der Waals surface area (Å²) in [4.78, 5) is 23.2. The van der Waals surface area contributed by atoms with Crippen LogP contribution in [0.3, 0.4) is 0 Å². The molecule has 0 spiro atoms. The smallest absolute Gasteiger partial charge is 0.315 e. The van der Waals surface area contributed by atoms with Crippen LogP contribution in [0.15, 0.2) is 12.1 Å². The molecule has 0 unspecified atom stereocenters. The van der Waals surface area contributed by atoms with Gasteiger partial charge in [-0.25, -0.2) is 0 Å². The van der Waals surface area contributed by atoms with Gasteiger partial charge in [0.05, 0.1) is 18.6 Å². The normalized spacial score (nSPS) is 10.4. The van der Waals surface area contributed by atoms with Gasteiger partial charge in [-0.1, -0.05) is 0 Å². The number of ether oxygens (including phenoxy) is 2. The average Bonchev–Trinajstić information content (AvgIpc) is 2.42. The molecule has 0 fully saturated rings. The van der Waals surface area contributed by atoms with Crippen LogP contribution in [0.4, 0.5) is 5.69 Å². The summed E-state index contributed by atoms with van der Waals surface area (Å²) in [5.41, 5.74) is -0.0921. The second kappa shape index (κ2) is 7.44. The van der Waals surface area contributed by atoms with Crippen molar-refractivity contribution in [3.63, 3.8) is 0 Å². The van der Waals surface area contributed by atoms with E-state index in [1.807, 2.05) is 19.0 Å². The summed E-state index contributed by atoms with van der Waals surface area (Å²) in [5, 5.41) is 11.0.